The van der Waals surface area contributed by atoms with Crippen LogP contribution in [0.4, 0.5) is 14.5 Å². The minimum Gasteiger partial charge on any atom is -0.368 e. The van der Waals surface area contributed by atoms with Crippen molar-refractivity contribution in [2.24, 2.45) is 5.92 Å². The molecule has 4 aliphatic rings. The fourth-order valence-corrected chi connectivity index (χ4v) is 6.26. The normalized spacial score (nSPS) is 21.9. The molecule has 42 heavy (non-hydrogen) atoms. The molecule has 0 radical (unpaired) electrons. The number of amides is 5. The fourth-order valence-electron chi connectivity index (χ4n) is 6.13. The van der Waals surface area contributed by atoms with E-state index in [9.17, 15) is 32.8 Å². The molecule has 2 aromatic carbocycles. The number of carbonyl (C=O) groups is 5. The van der Waals surface area contributed by atoms with Crippen LogP contribution in [-0.4, -0.2) is 96.1 Å². The summed E-state index contributed by atoms with van der Waals surface area (Å²) in [6, 6.07) is 9.03. The van der Waals surface area contributed by atoms with E-state index in [-0.39, 0.29) is 48.5 Å². The van der Waals surface area contributed by atoms with Crippen molar-refractivity contribution in [1.82, 2.24) is 20.0 Å². The molecule has 0 spiro atoms. The highest BCUT2D eigenvalue weighted by Crippen LogP contribution is 2.36. The molecule has 220 valence electrons. The summed E-state index contributed by atoms with van der Waals surface area (Å²) in [7, 11) is 0. The summed E-state index contributed by atoms with van der Waals surface area (Å²) in [6.45, 7) is 3.59. The van der Waals surface area contributed by atoms with Crippen molar-refractivity contribution >= 4 is 46.8 Å². The third kappa shape index (κ3) is 4.92. The predicted molar refractivity (Wildman–Crippen MR) is 147 cm³/mol. The molecule has 5 amide bonds. The highest BCUT2D eigenvalue weighted by atomic mass is 35.5. The minimum atomic E-state index is -3.62. The fraction of sp³-hybridized carbons (Fsp3) is 0.414. The number of nitrogens with one attached hydrogen (secondary N) is 1. The molecule has 6 rings (SSSR count). The summed E-state index contributed by atoms with van der Waals surface area (Å²) in [4.78, 5) is 69.4. The highest BCUT2D eigenvalue weighted by Gasteiger charge is 2.48. The van der Waals surface area contributed by atoms with E-state index in [2.05, 4.69) is 10.2 Å². The predicted octanol–water partition coefficient (Wildman–Crippen LogP) is 2.11. The zero-order valence-electron chi connectivity index (χ0n) is 22.5. The van der Waals surface area contributed by atoms with Crippen LogP contribution in [0.5, 0.6) is 0 Å². The molecule has 3 saturated heterocycles. The zero-order chi connectivity index (χ0) is 29.8. The number of anilines is 1. The number of hydrogen-bond acceptors (Lipinski definition) is 7. The number of carbonyl (C=O) groups excluding carboxylic acids is 5. The molecule has 4 heterocycles. The van der Waals surface area contributed by atoms with E-state index in [0.29, 0.717) is 43.4 Å². The molecular formula is C29H28ClF2N5O5. The zero-order valence-corrected chi connectivity index (χ0v) is 23.3. The van der Waals surface area contributed by atoms with Gasteiger partial charge in [0.05, 0.1) is 16.8 Å². The van der Waals surface area contributed by atoms with Gasteiger partial charge in [-0.1, -0.05) is 29.8 Å². The minimum absolute atomic E-state index is 0.0519. The number of likely N-dealkylation sites (tertiary alicyclic amines) is 1. The monoisotopic (exact) mass is 599 g/mol. The van der Waals surface area contributed by atoms with Gasteiger partial charge in [0.2, 0.25) is 11.8 Å². The molecule has 1 N–H and O–H groups in total. The highest BCUT2D eigenvalue weighted by molar-refractivity contribution is 6.30. The van der Waals surface area contributed by atoms with Gasteiger partial charge in [-0.2, -0.15) is 8.78 Å². The third-order valence-electron chi connectivity index (χ3n) is 8.40. The van der Waals surface area contributed by atoms with E-state index in [4.69, 9.17) is 11.6 Å². The van der Waals surface area contributed by atoms with Crippen LogP contribution in [0.2, 0.25) is 5.02 Å². The van der Waals surface area contributed by atoms with E-state index in [1.807, 2.05) is 4.90 Å². The Bertz CT molecular complexity index is 1470. The number of piperidine rings is 1. The number of benzene rings is 2. The molecule has 0 bridgehead atoms. The smallest absolute Gasteiger partial charge is 0.349 e. The molecule has 10 nitrogen and oxygen atoms in total. The van der Waals surface area contributed by atoms with Crippen molar-refractivity contribution in [2.75, 3.05) is 50.7 Å². The number of nitrogens with zero attached hydrogens (tertiary/aromatic N) is 4. The Kier molecular flexibility index (Phi) is 7.22. The van der Waals surface area contributed by atoms with Gasteiger partial charge in [-0.05, 0) is 30.7 Å². The lowest BCUT2D eigenvalue weighted by atomic mass is 9.96. The van der Waals surface area contributed by atoms with E-state index < -0.39 is 41.5 Å². The molecule has 1 atom stereocenters. The maximum absolute atomic E-state index is 14.7. The molecule has 4 aliphatic heterocycles. The Labute approximate surface area is 245 Å². The van der Waals surface area contributed by atoms with Gasteiger partial charge in [-0.3, -0.25) is 39.1 Å². The van der Waals surface area contributed by atoms with Gasteiger partial charge in [-0.15, -0.1) is 0 Å². The quantitative estimate of drug-likeness (QED) is 0.507. The van der Waals surface area contributed by atoms with Crippen molar-refractivity contribution < 1.29 is 32.8 Å². The molecule has 0 aliphatic carbocycles. The van der Waals surface area contributed by atoms with E-state index in [1.54, 1.807) is 18.2 Å². The molecular weight excluding hydrogens is 572 g/mol. The first-order chi connectivity index (χ1) is 20.0. The van der Waals surface area contributed by atoms with Crippen molar-refractivity contribution in [3.63, 3.8) is 0 Å². The van der Waals surface area contributed by atoms with Crippen molar-refractivity contribution in [2.45, 2.75) is 24.8 Å². The largest absolute Gasteiger partial charge is 0.368 e. The van der Waals surface area contributed by atoms with Crippen LogP contribution in [0.15, 0.2) is 42.5 Å². The molecule has 0 aromatic heterocycles. The van der Waals surface area contributed by atoms with E-state index >= 15 is 0 Å². The summed E-state index contributed by atoms with van der Waals surface area (Å²) < 4.78 is 29.4. The van der Waals surface area contributed by atoms with Crippen LogP contribution >= 0.6 is 11.6 Å². The van der Waals surface area contributed by atoms with Gasteiger partial charge in [0.25, 0.3) is 17.7 Å². The summed E-state index contributed by atoms with van der Waals surface area (Å²) in [5.74, 6) is -6.93. The van der Waals surface area contributed by atoms with Crippen LogP contribution in [0.1, 0.15) is 39.1 Å². The van der Waals surface area contributed by atoms with Crippen LogP contribution in [0.3, 0.4) is 0 Å². The Morgan fingerprint density at radius 1 is 0.952 bits per heavy atom. The van der Waals surface area contributed by atoms with Crippen LogP contribution in [-0.2, 0) is 20.3 Å². The Balaban J connectivity index is 1.04. The van der Waals surface area contributed by atoms with Gasteiger partial charge in [0, 0.05) is 68.7 Å². The maximum atomic E-state index is 14.7. The van der Waals surface area contributed by atoms with Crippen molar-refractivity contribution in [3.8, 4) is 0 Å². The average Bonchev–Trinajstić information content (AvgIpc) is 3.20. The molecule has 2 aromatic rings. The van der Waals surface area contributed by atoms with E-state index in [1.165, 1.54) is 17.0 Å². The van der Waals surface area contributed by atoms with Gasteiger partial charge >= 0.3 is 5.92 Å². The first-order valence-electron chi connectivity index (χ1n) is 13.8. The Hall–Kier alpha value is -3.90. The lowest BCUT2D eigenvalue weighted by Crippen LogP contribution is -2.58. The Morgan fingerprint density at radius 2 is 1.64 bits per heavy atom. The van der Waals surface area contributed by atoms with Gasteiger partial charge < -0.3 is 9.80 Å². The van der Waals surface area contributed by atoms with Gasteiger partial charge in [-0.25, -0.2) is 0 Å². The number of halogens is 3. The van der Waals surface area contributed by atoms with E-state index in [0.717, 1.165) is 17.0 Å². The number of rotatable bonds is 6. The first kappa shape index (κ1) is 28.2. The maximum Gasteiger partial charge on any atom is 0.349 e. The average molecular weight is 600 g/mol. The summed E-state index contributed by atoms with van der Waals surface area (Å²) in [5, 5.41) is 2.52. The van der Waals surface area contributed by atoms with Crippen LogP contribution < -0.4 is 10.2 Å². The second kappa shape index (κ2) is 10.7. The molecule has 1 unspecified atom stereocenters. The van der Waals surface area contributed by atoms with Gasteiger partial charge in [0.1, 0.15) is 6.04 Å². The lowest BCUT2D eigenvalue weighted by molar-refractivity contribution is -0.166. The summed E-state index contributed by atoms with van der Waals surface area (Å²) >= 11 is 5.78. The third-order valence-corrected chi connectivity index (χ3v) is 8.65. The number of alkyl halides is 2. The number of fused-ring (bicyclic) bond motifs is 1. The number of imide groups is 2. The topological polar surface area (TPSA) is 110 Å². The second-order valence-corrected chi connectivity index (χ2v) is 11.5. The molecule has 13 heteroatoms. The second-order valence-electron chi connectivity index (χ2n) is 11.1. The van der Waals surface area contributed by atoms with Crippen LogP contribution in [0.25, 0.3) is 0 Å². The van der Waals surface area contributed by atoms with Crippen molar-refractivity contribution in [1.29, 1.82) is 0 Å². The SMILES string of the molecule is O=C1CCC(N2C(=O)c3cccc(N4CCN(CC5CN(C(=O)C(F)(F)c6ccc(Cl)cc6)C5)CC4)c3C2=O)C(=O)N1. The molecule has 0 saturated carbocycles. The Morgan fingerprint density at radius 3 is 2.31 bits per heavy atom. The molecule has 3 fully saturated rings. The van der Waals surface area contributed by atoms with Crippen LogP contribution in [0, 0.1) is 5.92 Å². The summed E-state index contributed by atoms with van der Waals surface area (Å²) in [6.07, 6.45) is 0.142. The van der Waals surface area contributed by atoms with Crippen molar-refractivity contribution in [3.05, 3.63) is 64.2 Å². The standard InChI is InChI=1S/C29H28ClF2N5O5/c30-19-6-4-18(5-7-19)29(31,32)28(42)36-15-17(16-36)14-34-10-12-35(13-11-34)21-3-1-2-20-24(21)27(41)37(26(20)40)22-8-9-23(38)33-25(22)39/h1-7,17,22H,8-16H2,(H,33,38,39). The summed E-state index contributed by atoms with van der Waals surface area (Å²) in [5.41, 5.74) is 0.726. The first-order valence-corrected chi connectivity index (χ1v) is 14.2. The van der Waals surface area contributed by atoms with Gasteiger partial charge in [0.15, 0.2) is 0 Å². The lowest BCUT2D eigenvalue weighted by Gasteiger charge is -2.44. The number of hydrogen-bond donors (Lipinski definition) is 1. The number of piperazine rings is 1.